The Hall–Kier alpha value is -3.18. The van der Waals surface area contributed by atoms with Crippen LogP contribution < -0.4 is 10.6 Å². The molecule has 190 valence electrons. The molecule has 2 aromatic rings. The van der Waals surface area contributed by atoms with Gasteiger partial charge in [-0.25, -0.2) is 4.98 Å². The van der Waals surface area contributed by atoms with Crippen LogP contribution in [0.15, 0.2) is 41.9 Å². The van der Waals surface area contributed by atoms with Gasteiger partial charge in [0.05, 0.1) is 18.3 Å². The lowest BCUT2D eigenvalue weighted by Crippen LogP contribution is -2.41. The maximum absolute atomic E-state index is 12.7. The summed E-state index contributed by atoms with van der Waals surface area (Å²) >= 11 is 1.28. The third kappa shape index (κ3) is 6.49. The molecule has 1 fully saturated rings. The monoisotopic (exact) mass is 502 g/mol. The number of hydrogen-bond donors (Lipinski definition) is 4. The molecule has 0 radical (unpaired) electrons. The molecular weight excluding hydrogens is 468 g/mol. The first-order chi connectivity index (χ1) is 16.5. The highest BCUT2D eigenvalue weighted by Gasteiger charge is 2.31. The maximum Gasteiger partial charge on any atom is 0.290 e. The third-order valence-corrected chi connectivity index (χ3v) is 7.21. The lowest BCUT2D eigenvalue weighted by molar-refractivity contribution is -0.122. The van der Waals surface area contributed by atoms with E-state index in [1.807, 2.05) is 36.9 Å². The minimum absolute atomic E-state index is 0.106. The van der Waals surface area contributed by atoms with E-state index in [-0.39, 0.29) is 35.6 Å². The average molecular weight is 503 g/mol. The number of aliphatic hydroxyl groups excluding tert-OH is 1. The van der Waals surface area contributed by atoms with E-state index in [1.165, 1.54) is 11.3 Å². The minimum Gasteiger partial charge on any atom is -0.508 e. The number of anilines is 2. The SMILES string of the molecule is CC1=C(O)C=CC(C)C1NC(=O)c1cnc(Nc2ccn(C3CCN(C(C)(C)C)C3)n2)s1.O=CO. The Morgan fingerprint density at radius 2 is 2.06 bits per heavy atom. The summed E-state index contributed by atoms with van der Waals surface area (Å²) < 4.78 is 2.02. The van der Waals surface area contributed by atoms with Gasteiger partial charge in [0.25, 0.3) is 12.4 Å². The maximum atomic E-state index is 12.7. The van der Waals surface area contributed by atoms with Crippen LogP contribution in [0.2, 0.25) is 0 Å². The quantitative estimate of drug-likeness (QED) is 0.452. The largest absolute Gasteiger partial charge is 0.508 e. The highest BCUT2D eigenvalue weighted by atomic mass is 32.1. The van der Waals surface area contributed by atoms with Crippen molar-refractivity contribution in [3.8, 4) is 0 Å². The van der Waals surface area contributed by atoms with Crippen molar-refractivity contribution in [1.82, 2.24) is 25.0 Å². The molecule has 3 atom stereocenters. The molecule has 11 heteroatoms. The summed E-state index contributed by atoms with van der Waals surface area (Å²) in [6.45, 7) is 12.4. The van der Waals surface area contributed by atoms with E-state index in [4.69, 9.17) is 9.90 Å². The predicted octanol–water partition coefficient (Wildman–Crippen LogP) is 3.97. The van der Waals surface area contributed by atoms with Gasteiger partial charge >= 0.3 is 0 Å². The fraction of sp³-hybridized carbons (Fsp3) is 0.500. The highest BCUT2D eigenvalue weighted by molar-refractivity contribution is 7.17. The summed E-state index contributed by atoms with van der Waals surface area (Å²) in [7, 11) is 0. The van der Waals surface area contributed by atoms with Crippen LogP contribution in [0.1, 0.15) is 56.8 Å². The summed E-state index contributed by atoms with van der Waals surface area (Å²) in [4.78, 5) is 28.4. The molecule has 1 saturated heterocycles. The summed E-state index contributed by atoms with van der Waals surface area (Å²) in [5.74, 6) is 0.835. The summed E-state index contributed by atoms with van der Waals surface area (Å²) in [5, 5.41) is 28.4. The van der Waals surface area contributed by atoms with E-state index in [1.54, 1.807) is 12.3 Å². The van der Waals surface area contributed by atoms with E-state index >= 15 is 0 Å². The Morgan fingerprint density at radius 3 is 2.71 bits per heavy atom. The molecule has 4 N–H and O–H groups in total. The fourth-order valence-corrected chi connectivity index (χ4v) is 4.94. The lowest BCUT2D eigenvalue weighted by Gasteiger charge is -2.31. The Balaban J connectivity index is 0.00000108. The van der Waals surface area contributed by atoms with Crippen LogP contribution in [0.25, 0.3) is 0 Å². The Labute approximate surface area is 209 Å². The molecule has 2 aromatic heterocycles. The van der Waals surface area contributed by atoms with Crippen molar-refractivity contribution < 1.29 is 19.8 Å². The van der Waals surface area contributed by atoms with Gasteiger partial charge < -0.3 is 20.8 Å². The predicted molar refractivity (Wildman–Crippen MR) is 136 cm³/mol. The number of hydrogen-bond acceptors (Lipinski definition) is 8. The number of carbonyl (C=O) groups is 2. The molecule has 3 unspecified atom stereocenters. The van der Waals surface area contributed by atoms with Gasteiger partial charge in [-0.2, -0.15) is 5.10 Å². The molecule has 0 aromatic carbocycles. The van der Waals surface area contributed by atoms with Crippen molar-refractivity contribution in [2.45, 2.75) is 58.7 Å². The van der Waals surface area contributed by atoms with Gasteiger partial charge in [0, 0.05) is 30.9 Å². The van der Waals surface area contributed by atoms with Gasteiger partial charge in [0.15, 0.2) is 10.9 Å². The molecule has 1 aliphatic heterocycles. The van der Waals surface area contributed by atoms with Gasteiger partial charge in [0.2, 0.25) is 0 Å². The number of rotatable bonds is 5. The number of aromatic nitrogens is 3. The van der Waals surface area contributed by atoms with Crippen molar-refractivity contribution in [3.63, 3.8) is 0 Å². The van der Waals surface area contributed by atoms with Crippen LogP contribution in [0, 0.1) is 5.92 Å². The molecule has 2 aliphatic rings. The standard InChI is InChI=1S/C23H32N6O2S.CH2O2/c1-14-6-7-17(30)15(2)20(14)26-21(31)18-12-24-22(32-18)25-19-9-11-29(27-19)16-8-10-28(13-16)23(3,4)5;2-1-3/h6-7,9,11-12,14,16,20,30H,8,10,13H2,1-5H3,(H,26,31)(H,24,25,27);1H,(H,2,3). The molecule has 0 spiro atoms. The van der Waals surface area contributed by atoms with Crippen molar-refractivity contribution in [2.75, 3.05) is 18.4 Å². The van der Waals surface area contributed by atoms with Crippen molar-refractivity contribution in [1.29, 1.82) is 0 Å². The lowest BCUT2D eigenvalue weighted by atomic mass is 9.90. The Morgan fingerprint density at radius 1 is 1.34 bits per heavy atom. The number of nitrogens with one attached hydrogen (secondary N) is 2. The molecule has 35 heavy (non-hydrogen) atoms. The van der Waals surface area contributed by atoms with Crippen LogP contribution in [0.4, 0.5) is 10.9 Å². The number of allylic oxidation sites excluding steroid dienone is 1. The van der Waals surface area contributed by atoms with Gasteiger partial charge in [-0.15, -0.1) is 0 Å². The summed E-state index contributed by atoms with van der Waals surface area (Å²) in [6.07, 6.45) is 8.23. The zero-order valence-electron chi connectivity index (χ0n) is 20.7. The first-order valence-corrected chi connectivity index (χ1v) is 12.3. The van der Waals surface area contributed by atoms with Gasteiger partial charge in [-0.1, -0.05) is 24.3 Å². The molecule has 4 rings (SSSR count). The number of carbonyl (C=O) groups excluding carboxylic acids is 1. The van der Waals surface area contributed by atoms with Gasteiger partial charge in [0.1, 0.15) is 10.6 Å². The van der Waals surface area contributed by atoms with E-state index in [0.717, 1.165) is 30.9 Å². The second-order valence-corrected chi connectivity index (χ2v) is 10.8. The molecule has 1 aliphatic carbocycles. The first kappa shape index (κ1) is 26.4. The van der Waals surface area contributed by atoms with Gasteiger partial charge in [-0.05, 0) is 51.7 Å². The summed E-state index contributed by atoms with van der Waals surface area (Å²) in [6, 6.07) is 2.07. The Bertz CT molecular complexity index is 1100. The number of thiazole rings is 1. The van der Waals surface area contributed by atoms with Crippen molar-refractivity contribution in [2.24, 2.45) is 5.92 Å². The minimum atomic E-state index is -0.250. The molecule has 0 bridgehead atoms. The molecular formula is C24H34N6O4S. The van der Waals surface area contributed by atoms with Gasteiger partial charge in [-0.3, -0.25) is 19.2 Å². The number of likely N-dealkylation sites (tertiary alicyclic amines) is 1. The average Bonchev–Trinajstić information content (AvgIpc) is 3.55. The number of amides is 1. The van der Waals surface area contributed by atoms with Crippen molar-refractivity contribution in [3.05, 3.63) is 46.8 Å². The van der Waals surface area contributed by atoms with E-state index in [9.17, 15) is 9.90 Å². The topological polar surface area (TPSA) is 133 Å². The molecule has 1 amide bonds. The summed E-state index contributed by atoms with van der Waals surface area (Å²) in [5.41, 5.74) is 0.929. The zero-order chi connectivity index (χ0) is 25.8. The van der Waals surface area contributed by atoms with E-state index in [0.29, 0.717) is 16.1 Å². The van der Waals surface area contributed by atoms with Crippen LogP contribution >= 0.6 is 11.3 Å². The number of carboxylic acid groups (broad SMARTS) is 1. The second-order valence-electron chi connectivity index (χ2n) is 9.74. The smallest absolute Gasteiger partial charge is 0.290 e. The number of nitrogens with zero attached hydrogens (tertiary/aromatic N) is 4. The van der Waals surface area contributed by atoms with E-state index < -0.39 is 0 Å². The van der Waals surface area contributed by atoms with Crippen LogP contribution in [-0.2, 0) is 4.79 Å². The second kappa shape index (κ2) is 11.0. The third-order valence-electron chi connectivity index (χ3n) is 6.30. The molecule has 10 nitrogen and oxygen atoms in total. The molecule has 3 heterocycles. The van der Waals surface area contributed by atoms with Crippen LogP contribution in [0.5, 0.6) is 0 Å². The number of aliphatic hydroxyl groups is 1. The Kier molecular flexibility index (Phi) is 8.34. The fourth-order valence-electron chi connectivity index (χ4n) is 4.21. The first-order valence-electron chi connectivity index (χ1n) is 11.5. The zero-order valence-corrected chi connectivity index (χ0v) is 21.5. The van der Waals surface area contributed by atoms with E-state index in [2.05, 4.69) is 46.4 Å². The normalized spacial score (nSPS) is 22.5. The molecule has 0 saturated carbocycles. The van der Waals surface area contributed by atoms with Crippen LogP contribution in [-0.4, -0.2) is 66.9 Å². The van der Waals surface area contributed by atoms with Crippen molar-refractivity contribution >= 4 is 34.7 Å². The highest BCUT2D eigenvalue weighted by Crippen LogP contribution is 2.29. The van der Waals surface area contributed by atoms with Crippen LogP contribution in [0.3, 0.4) is 0 Å².